The van der Waals surface area contributed by atoms with Gasteiger partial charge in [-0.1, -0.05) is 56.3 Å². The van der Waals surface area contributed by atoms with Gasteiger partial charge < -0.3 is 20.0 Å². The molecule has 2 heterocycles. The Morgan fingerprint density at radius 3 is 2.64 bits per heavy atom. The lowest BCUT2D eigenvalue weighted by molar-refractivity contribution is -0.134. The van der Waals surface area contributed by atoms with Gasteiger partial charge in [0.05, 0.1) is 13.2 Å². The Hall–Kier alpha value is -3.32. The molecule has 0 spiro atoms. The molecule has 1 fully saturated rings. The van der Waals surface area contributed by atoms with Crippen molar-refractivity contribution >= 4 is 11.8 Å². The number of hydrazine groups is 1. The number of hydrogen-bond acceptors (Lipinski definition) is 5. The minimum absolute atomic E-state index is 0.0174. The monoisotopic (exact) mass is 448 g/mol. The largest absolute Gasteiger partial charge is 0.496 e. The van der Waals surface area contributed by atoms with E-state index in [0.29, 0.717) is 25.4 Å². The van der Waals surface area contributed by atoms with Gasteiger partial charge in [0.2, 0.25) is 5.91 Å². The van der Waals surface area contributed by atoms with Crippen LogP contribution >= 0.6 is 0 Å². The van der Waals surface area contributed by atoms with Gasteiger partial charge in [-0.15, -0.1) is 0 Å². The third-order valence-corrected chi connectivity index (χ3v) is 6.33. The summed E-state index contributed by atoms with van der Waals surface area (Å²) in [5, 5.41) is 4.80. The van der Waals surface area contributed by atoms with Gasteiger partial charge in [-0.05, 0) is 29.5 Å². The molecule has 2 atom stereocenters. The van der Waals surface area contributed by atoms with E-state index in [-0.39, 0.29) is 30.3 Å². The van der Waals surface area contributed by atoms with Gasteiger partial charge in [-0.25, -0.2) is 5.43 Å². The number of carbonyl (C=O) groups is 2. The van der Waals surface area contributed by atoms with Crippen molar-refractivity contribution in [3.63, 3.8) is 0 Å². The zero-order valence-electron chi connectivity index (χ0n) is 19.5. The third-order valence-electron chi connectivity index (χ3n) is 6.33. The average Bonchev–Trinajstić information content (AvgIpc) is 3.28. The van der Waals surface area contributed by atoms with Crippen LogP contribution in [0.3, 0.4) is 0 Å². The van der Waals surface area contributed by atoms with E-state index >= 15 is 0 Å². The highest BCUT2D eigenvalue weighted by atomic mass is 16.5. The molecule has 2 aromatic carbocycles. The van der Waals surface area contributed by atoms with E-state index in [4.69, 9.17) is 4.74 Å². The molecular formula is C26H32N4O3. The molecule has 0 bridgehead atoms. The van der Waals surface area contributed by atoms with Crippen molar-refractivity contribution in [2.45, 2.75) is 51.2 Å². The van der Waals surface area contributed by atoms with E-state index < -0.39 is 0 Å². The first kappa shape index (κ1) is 22.9. The maximum atomic E-state index is 13.0. The second-order valence-corrected chi connectivity index (χ2v) is 8.83. The van der Waals surface area contributed by atoms with Gasteiger partial charge in [0.1, 0.15) is 11.8 Å². The van der Waals surface area contributed by atoms with E-state index in [0.717, 1.165) is 11.3 Å². The van der Waals surface area contributed by atoms with Crippen molar-refractivity contribution in [1.29, 1.82) is 0 Å². The summed E-state index contributed by atoms with van der Waals surface area (Å²) < 4.78 is 5.32. The zero-order chi connectivity index (χ0) is 23.4. The van der Waals surface area contributed by atoms with Crippen LogP contribution < -0.4 is 15.5 Å². The highest BCUT2D eigenvalue weighted by molar-refractivity contribution is 5.85. The van der Waals surface area contributed by atoms with Crippen molar-refractivity contribution < 1.29 is 14.3 Å². The molecule has 174 valence electrons. The number of nitrogens with one attached hydrogen (secondary N) is 2. The normalized spacial score (nSPS) is 19.7. The molecule has 0 aliphatic carbocycles. The predicted molar refractivity (Wildman–Crippen MR) is 127 cm³/mol. The van der Waals surface area contributed by atoms with Crippen LogP contribution in [-0.2, 0) is 16.1 Å². The number of benzene rings is 2. The second kappa shape index (κ2) is 10.1. The number of nitrogens with zero attached hydrogens (tertiary/aromatic N) is 2. The van der Waals surface area contributed by atoms with Crippen LogP contribution in [0.1, 0.15) is 55.3 Å². The molecule has 2 aromatic rings. The highest BCUT2D eigenvalue weighted by Gasteiger charge is 2.39. The summed E-state index contributed by atoms with van der Waals surface area (Å²) in [6.45, 7) is 5.11. The Kier molecular flexibility index (Phi) is 6.99. The standard InChI is InChI=1S/C26H32N4O3/c1-18(2)19-8-10-20(11-9-19)22-16-23-26(32)29(14-15-30(23)28-22)13-12-25(31)27-17-21-6-4-5-7-24(21)33-3/h4-11,14-15,18,22-23,28H,12-13,16-17H2,1-3H3,(H,27,31). The van der Waals surface area contributed by atoms with Crippen molar-refractivity contribution in [2.75, 3.05) is 13.7 Å². The van der Waals surface area contributed by atoms with Gasteiger partial charge in [-0.2, -0.15) is 0 Å². The SMILES string of the molecule is COc1ccccc1CNC(=O)CCN1C=CN2NC(c3ccc(C(C)C)cc3)CC2C1=O. The van der Waals surface area contributed by atoms with Crippen molar-refractivity contribution in [1.82, 2.24) is 20.7 Å². The van der Waals surface area contributed by atoms with Gasteiger partial charge in [0, 0.05) is 37.5 Å². The molecule has 0 radical (unpaired) electrons. The summed E-state index contributed by atoms with van der Waals surface area (Å²) in [6.07, 6.45) is 4.58. The van der Waals surface area contributed by atoms with Gasteiger partial charge in [0.25, 0.3) is 5.91 Å². The highest BCUT2D eigenvalue weighted by Crippen LogP contribution is 2.31. The average molecular weight is 449 g/mol. The van der Waals surface area contributed by atoms with Gasteiger partial charge in [-0.3, -0.25) is 9.59 Å². The zero-order valence-corrected chi connectivity index (χ0v) is 19.5. The Morgan fingerprint density at radius 2 is 1.91 bits per heavy atom. The molecule has 33 heavy (non-hydrogen) atoms. The fourth-order valence-electron chi connectivity index (χ4n) is 4.31. The summed E-state index contributed by atoms with van der Waals surface area (Å²) in [7, 11) is 1.61. The predicted octanol–water partition coefficient (Wildman–Crippen LogP) is 3.46. The van der Waals surface area contributed by atoms with Crippen molar-refractivity contribution in [3.8, 4) is 5.75 Å². The number of para-hydroxylation sites is 1. The van der Waals surface area contributed by atoms with Crippen LogP contribution in [0.2, 0.25) is 0 Å². The molecule has 0 aromatic heterocycles. The lowest BCUT2D eigenvalue weighted by Crippen LogP contribution is -2.48. The molecule has 2 aliphatic rings. The Bertz CT molecular complexity index is 1020. The Morgan fingerprint density at radius 1 is 1.15 bits per heavy atom. The first-order valence-corrected chi connectivity index (χ1v) is 11.5. The first-order valence-electron chi connectivity index (χ1n) is 11.5. The van der Waals surface area contributed by atoms with E-state index in [2.05, 4.69) is 48.9 Å². The lowest BCUT2D eigenvalue weighted by Gasteiger charge is -2.31. The van der Waals surface area contributed by atoms with Crippen LogP contribution in [0.5, 0.6) is 5.75 Å². The molecule has 2 unspecified atom stereocenters. The fraction of sp³-hybridized carbons (Fsp3) is 0.385. The number of ether oxygens (including phenoxy) is 1. The topological polar surface area (TPSA) is 73.9 Å². The number of fused-ring (bicyclic) bond motifs is 1. The van der Waals surface area contributed by atoms with Gasteiger partial charge in [0.15, 0.2) is 0 Å². The molecule has 1 saturated heterocycles. The molecule has 0 saturated carbocycles. The van der Waals surface area contributed by atoms with Crippen molar-refractivity contribution in [2.24, 2.45) is 0 Å². The van der Waals surface area contributed by atoms with Crippen LogP contribution in [-0.4, -0.2) is 41.4 Å². The first-order chi connectivity index (χ1) is 16.0. The number of hydrogen-bond donors (Lipinski definition) is 2. The quantitative estimate of drug-likeness (QED) is 0.647. The third kappa shape index (κ3) is 5.20. The minimum atomic E-state index is -0.263. The van der Waals surface area contributed by atoms with E-state index in [1.54, 1.807) is 18.2 Å². The summed E-state index contributed by atoms with van der Waals surface area (Å²) >= 11 is 0. The number of methoxy groups -OCH3 is 1. The number of rotatable bonds is 8. The molecule has 4 rings (SSSR count). The van der Waals surface area contributed by atoms with Gasteiger partial charge >= 0.3 is 0 Å². The summed E-state index contributed by atoms with van der Waals surface area (Å²) in [5.41, 5.74) is 6.83. The number of amides is 2. The fourth-order valence-corrected chi connectivity index (χ4v) is 4.31. The maximum Gasteiger partial charge on any atom is 0.250 e. The van der Waals surface area contributed by atoms with Crippen LogP contribution in [0, 0.1) is 0 Å². The van der Waals surface area contributed by atoms with Crippen LogP contribution in [0.15, 0.2) is 60.9 Å². The summed E-state index contributed by atoms with van der Waals surface area (Å²) in [6, 6.07) is 16.0. The summed E-state index contributed by atoms with van der Waals surface area (Å²) in [5.74, 6) is 1.15. The van der Waals surface area contributed by atoms with Crippen LogP contribution in [0.25, 0.3) is 0 Å². The second-order valence-electron chi connectivity index (χ2n) is 8.83. The van der Waals surface area contributed by atoms with Crippen molar-refractivity contribution in [3.05, 3.63) is 77.6 Å². The number of carbonyl (C=O) groups excluding carboxylic acids is 2. The smallest absolute Gasteiger partial charge is 0.250 e. The molecule has 7 heteroatoms. The lowest BCUT2D eigenvalue weighted by atomic mass is 9.97. The van der Waals surface area contributed by atoms with E-state index in [1.807, 2.05) is 35.5 Å². The maximum absolute atomic E-state index is 13.0. The Labute approximate surface area is 195 Å². The van der Waals surface area contributed by atoms with Crippen LogP contribution in [0.4, 0.5) is 0 Å². The molecule has 2 amide bonds. The van der Waals surface area contributed by atoms with E-state index in [9.17, 15) is 9.59 Å². The van der Waals surface area contributed by atoms with E-state index in [1.165, 1.54) is 11.1 Å². The molecular weight excluding hydrogens is 416 g/mol. The molecule has 2 aliphatic heterocycles. The molecule has 2 N–H and O–H groups in total. The summed E-state index contributed by atoms with van der Waals surface area (Å²) in [4.78, 5) is 27.1. The Balaban J connectivity index is 1.29. The molecule has 7 nitrogen and oxygen atoms in total. The minimum Gasteiger partial charge on any atom is -0.496 e.